The lowest BCUT2D eigenvalue weighted by Gasteiger charge is -2.17. The van der Waals surface area contributed by atoms with Crippen LogP contribution in [0.3, 0.4) is 0 Å². The molecule has 1 amide bonds. The average molecular weight is 278 g/mol. The highest BCUT2D eigenvalue weighted by molar-refractivity contribution is 5.78. The van der Waals surface area contributed by atoms with Gasteiger partial charge in [0.25, 0.3) is 0 Å². The minimum atomic E-state index is -0.107. The van der Waals surface area contributed by atoms with Crippen LogP contribution in [0.2, 0.25) is 0 Å². The molecule has 0 aromatic heterocycles. The fourth-order valence-corrected chi connectivity index (χ4v) is 2.23. The zero-order valence-corrected chi connectivity index (χ0v) is 12.7. The molecule has 1 atom stereocenters. The number of rotatable bonds is 8. The van der Waals surface area contributed by atoms with Gasteiger partial charge in [-0.25, -0.2) is 0 Å². The molecule has 0 aliphatic carbocycles. The molecular weight excluding hydrogens is 252 g/mol. The van der Waals surface area contributed by atoms with E-state index in [1.807, 2.05) is 24.3 Å². The number of benzene rings is 1. The largest absolute Gasteiger partial charge is 0.380 e. The molecule has 0 bridgehead atoms. The monoisotopic (exact) mass is 278 g/mol. The van der Waals surface area contributed by atoms with E-state index >= 15 is 0 Å². The van der Waals surface area contributed by atoms with Gasteiger partial charge in [-0.15, -0.1) is 0 Å². The minimum absolute atomic E-state index is 0.0356. The minimum Gasteiger partial charge on any atom is -0.380 e. The second kappa shape index (κ2) is 8.72. The lowest BCUT2D eigenvalue weighted by molar-refractivity contribution is -0.125. The van der Waals surface area contributed by atoms with Crippen molar-refractivity contribution in [3.8, 4) is 0 Å². The fourth-order valence-electron chi connectivity index (χ4n) is 2.23. The maximum atomic E-state index is 12.1. The molecule has 0 aliphatic heterocycles. The van der Waals surface area contributed by atoms with Crippen LogP contribution < -0.4 is 11.1 Å². The van der Waals surface area contributed by atoms with Gasteiger partial charge in [0.15, 0.2) is 0 Å². The Kier molecular flexibility index (Phi) is 7.26. The van der Waals surface area contributed by atoms with Crippen LogP contribution in [-0.2, 0) is 22.7 Å². The zero-order valence-electron chi connectivity index (χ0n) is 12.7. The number of ether oxygens (including phenoxy) is 1. The molecule has 0 spiro atoms. The third kappa shape index (κ3) is 5.31. The van der Waals surface area contributed by atoms with Gasteiger partial charge in [-0.2, -0.15) is 0 Å². The first kappa shape index (κ1) is 16.7. The van der Waals surface area contributed by atoms with Gasteiger partial charge in [0, 0.05) is 20.2 Å². The number of nitrogens with two attached hydrogens (primary N) is 1. The van der Waals surface area contributed by atoms with Gasteiger partial charge in [-0.05, 0) is 23.5 Å². The second-order valence-electron chi connectivity index (χ2n) is 5.48. The van der Waals surface area contributed by atoms with Crippen LogP contribution in [0.1, 0.15) is 31.4 Å². The van der Waals surface area contributed by atoms with E-state index < -0.39 is 0 Å². The molecule has 3 N–H and O–H groups in total. The van der Waals surface area contributed by atoms with Gasteiger partial charge in [0.05, 0.1) is 12.5 Å². The van der Waals surface area contributed by atoms with Gasteiger partial charge in [0.2, 0.25) is 5.91 Å². The smallest absolute Gasteiger partial charge is 0.224 e. The Balaban J connectivity index is 2.59. The van der Waals surface area contributed by atoms with Gasteiger partial charge in [-0.3, -0.25) is 4.79 Å². The van der Waals surface area contributed by atoms with E-state index in [1.165, 1.54) is 0 Å². The summed E-state index contributed by atoms with van der Waals surface area (Å²) in [6, 6.07) is 7.96. The number of amides is 1. The Morgan fingerprint density at radius 3 is 2.50 bits per heavy atom. The summed E-state index contributed by atoms with van der Waals surface area (Å²) in [4.78, 5) is 12.1. The molecule has 4 nitrogen and oxygen atoms in total. The van der Waals surface area contributed by atoms with Crippen molar-refractivity contribution in [1.29, 1.82) is 0 Å². The predicted molar refractivity (Wildman–Crippen MR) is 81.0 cm³/mol. The lowest BCUT2D eigenvalue weighted by atomic mass is 9.96. The molecule has 0 saturated carbocycles. The predicted octanol–water partition coefficient (Wildman–Crippen LogP) is 2.07. The third-order valence-electron chi connectivity index (χ3n) is 3.28. The number of hydrogen-bond donors (Lipinski definition) is 2. The van der Waals surface area contributed by atoms with E-state index in [2.05, 4.69) is 19.2 Å². The lowest BCUT2D eigenvalue weighted by Crippen LogP contribution is -2.35. The number of hydrogen-bond acceptors (Lipinski definition) is 3. The first-order valence-electron chi connectivity index (χ1n) is 7.12. The first-order valence-corrected chi connectivity index (χ1v) is 7.12. The van der Waals surface area contributed by atoms with Gasteiger partial charge < -0.3 is 15.8 Å². The van der Waals surface area contributed by atoms with Gasteiger partial charge >= 0.3 is 0 Å². The normalized spacial score (nSPS) is 12.4. The van der Waals surface area contributed by atoms with Gasteiger partial charge in [0.1, 0.15) is 0 Å². The Labute approximate surface area is 121 Å². The quantitative estimate of drug-likeness (QED) is 0.765. The summed E-state index contributed by atoms with van der Waals surface area (Å²) in [7, 11) is 1.67. The van der Waals surface area contributed by atoms with Gasteiger partial charge in [-0.1, -0.05) is 38.1 Å². The molecule has 0 fully saturated rings. The van der Waals surface area contributed by atoms with Crippen molar-refractivity contribution in [3.05, 3.63) is 35.4 Å². The van der Waals surface area contributed by atoms with Crippen LogP contribution in [0.15, 0.2) is 24.3 Å². The number of carbonyl (C=O) groups excluding carboxylic acids is 1. The molecule has 1 aromatic rings. The van der Waals surface area contributed by atoms with Crippen molar-refractivity contribution < 1.29 is 9.53 Å². The number of nitrogens with one attached hydrogen (secondary N) is 1. The molecule has 112 valence electrons. The Morgan fingerprint density at radius 1 is 1.30 bits per heavy atom. The summed E-state index contributed by atoms with van der Waals surface area (Å²) in [5.41, 5.74) is 7.87. The summed E-state index contributed by atoms with van der Waals surface area (Å²) >= 11 is 0. The molecule has 4 heteroatoms. The van der Waals surface area contributed by atoms with E-state index in [1.54, 1.807) is 7.11 Å². The molecule has 0 heterocycles. The van der Waals surface area contributed by atoms with Crippen LogP contribution in [0.4, 0.5) is 0 Å². The van der Waals surface area contributed by atoms with Crippen LogP contribution in [-0.4, -0.2) is 19.6 Å². The maximum Gasteiger partial charge on any atom is 0.224 e. The Hall–Kier alpha value is -1.39. The average Bonchev–Trinajstić information content (AvgIpc) is 2.43. The number of methoxy groups -OCH3 is 1. The highest BCUT2D eigenvalue weighted by Gasteiger charge is 2.17. The van der Waals surface area contributed by atoms with Crippen LogP contribution in [0, 0.1) is 11.8 Å². The Bertz CT molecular complexity index is 419. The highest BCUT2D eigenvalue weighted by atomic mass is 16.5. The standard InChI is InChI=1S/C16H26N2O2/c1-12(2)8-15(9-17)16(19)18-10-13-6-4-5-7-14(13)11-20-3/h4-7,12,15H,8-11,17H2,1-3H3,(H,18,19). The summed E-state index contributed by atoms with van der Waals surface area (Å²) in [6.07, 6.45) is 0.821. The first-order chi connectivity index (χ1) is 9.58. The van der Waals surface area contributed by atoms with E-state index in [4.69, 9.17) is 10.5 Å². The molecule has 20 heavy (non-hydrogen) atoms. The van der Waals surface area contributed by atoms with E-state index in [0.717, 1.165) is 17.5 Å². The van der Waals surface area contributed by atoms with Crippen molar-refractivity contribution in [1.82, 2.24) is 5.32 Å². The summed E-state index contributed by atoms with van der Waals surface area (Å²) in [5.74, 6) is 0.396. The van der Waals surface area contributed by atoms with Crippen molar-refractivity contribution in [2.45, 2.75) is 33.4 Å². The van der Waals surface area contributed by atoms with Crippen molar-refractivity contribution in [3.63, 3.8) is 0 Å². The molecule has 0 radical (unpaired) electrons. The topological polar surface area (TPSA) is 64.3 Å². The molecule has 0 aliphatic rings. The van der Waals surface area contributed by atoms with Crippen LogP contribution in [0.25, 0.3) is 0 Å². The molecule has 1 unspecified atom stereocenters. The highest BCUT2D eigenvalue weighted by Crippen LogP contribution is 2.13. The maximum absolute atomic E-state index is 12.1. The van der Waals surface area contributed by atoms with Crippen molar-refractivity contribution >= 4 is 5.91 Å². The van der Waals surface area contributed by atoms with Crippen molar-refractivity contribution in [2.24, 2.45) is 17.6 Å². The van der Waals surface area contributed by atoms with Crippen molar-refractivity contribution in [2.75, 3.05) is 13.7 Å². The molecule has 1 aromatic carbocycles. The molecule has 1 rings (SSSR count). The van der Waals surface area contributed by atoms with E-state index in [9.17, 15) is 4.79 Å². The number of carbonyl (C=O) groups is 1. The summed E-state index contributed by atoms with van der Waals surface area (Å²) < 4.78 is 5.16. The fraction of sp³-hybridized carbons (Fsp3) is 0.562. The van der Waals surface area contributed by atoms with E-state index in [-0.39, 0.29) is 11.8 Å². The molecular formula is C16H26N2O2. The SMILES string of the molecule is COCc1ccccc1CNC(=O)C(CN)CC(C)C. The Morgan fingerprint density at radius 2 is 1.95 bits per heavy atom. The summed E-state index contributed by atoms with van der Waals surface area (Å²) in [5, 5.41) is 2.98. The van der Waals surface area contributed by atoms with Crippen LogP contribution in [0.5, 0.6) is 0 Å². The zero-order chi connectivity index (χ0) is 15.0. The second-order valence-corrected chi connectivity index (χ2v) is 5.48. The van der Waals surface area contributed by atoms with Crippen LogP contribution >= 0.6 is 0 Å². The third-order valence-corrected chi connectivity index (χ3v) is 3.28. The molecule has 0 saturated heterocycles. The van der Waals surface area contributed by atoms with E-state index in [0.29, 0.717) is 25.6 Å². The summed E-state index contributed by atoms with van der Waals surface area (Å²) in [6.45, 7) is 5.67.